The largest absolute Gasteiger partial charge is 0.392 e. The first-order valence-electron chi connectivity index (χ1n) is 23.8. The number of Topliss-reactive ketones (excluding diaryl/α,β-unsaturated/α-hetero) is 2. The molecule has 14 rings (SSSR count). The van der Waals surface area contributed by atoms with Crippen LogP contribution in [-0.2, 0) is 38.7 Å². The summed E-state index contributed by atoms with van der Waals surface area (Å²) in [5, 5.41) is 68.5. The molecule has 0 unspecified atom stereocenters. The average Bonchev–Trinajstić information content (AvgIpc) is 3.40. The Morgan fingerprint density at radius 3 is 1.70 bits per heavy atom. The number of ether oxygens (including phenoxy) is 4. The van der Waals surface area contributed by atoms with Gasteiger partial charge in [0, 0.05) is 34.5 Å². The Bertz CT molecular complexity index is 2400. The van der Waals surface area contributed by atoms with Crippen LogP contribution in [0.4, 0.5) is 0 Å². The summed E-state index contributed by atoms with van der Waals surface area (Å²) in [4.78, 5) is 27.2. The number of aliphatic hydroxyl groups excluding tert-OH is 5. The van der Waals surface area contributed by atoms with Crippen LogP contribution in [0.5, 0.6) is 0 Å². The van der Waals surface area contributed by atoms with Gasteiger partial charge in [-0.25, -0.2) is 0 Å². The molecule has 364 valence electrons. The molecule has 5 aliphatic heterocycles. The standard InChI is InChI=1S/C23H32O6.C20H28O6.C7H8O3S/c1-11-12-6-7-13-21-10-27-23(17(26)15(21)19(2,3)9-8-14(21)24)22(13,16(11)25)18(12)28-20(4,5)29-23;1-9-10-4-5-11-18-8-26-20(25,19(11,14(9)22)15(10)23)16(24)13(18)17(2,3)7-6-12(18)21;1-6-2-4-7(5-3-6)11(8,9)10/h12-15,17-18,24,26H,1,6-10H2,2-5H3;10-13,15-16,21,23-25H,1,4-8H2,2-3H3;2-5H,1H3,(H,8,9,10)/t12-,13-,14-,15+,17-,18+,21+,22-,23+;10-,11-,12-,13+,15+,16-,18+,19-,20-;/m00./s1. The zero-order valence-corrected chi connectivity index (χ0v) is 39.8. The molecule has 13 aliphatic rings. The first-order valence-corrected chi connectivity index (χ1v) is 25.3. The van der Waals surface area contributed by atoms with Crippen molar-refractivity contribution < 1.29 is 72.1 Å². The van der Waals surface area contributed by atoms with E-state index in [9.17, 15) is 48.6 Å². The number of hydrogen-bond donors (Lipinski definition) is 7. The highest BCUT2D eigenvalue weighted by molar-refractivity contribution is 7.85. The fourth-order valence-electron chi connectivity index (χ4n) is 17.5. The van der Waals surface area contributed by atoms with Crippen LogP contribution in [0.25, 0.3) is 0 Å². The molecule has 5 heterocycles. The van der Waals surface area contributed by atoms with E-state index in [-0.39, 0.29) is 45.9 Å². The van der Waals surface area contributed by atoms with Gasteiger partial charge in [-0.15, -0.1) is 0 Å². The number of aryl methyl sites for hydroxylation is 1. The Labute approximate surface area is 386 Å². The molecule has 0 aromatic heterocycles. The van der Waals surface area contributed by atoms with E-state index in [0.29, 0.717) is 43.4 Å². The Hall–Kier alpha value is -2.45. The van der Waals surface area contributed by atoms with Gasteiger partial charge in [0.2, 0.25) is 11.6 Å². The van der Waals surface area contributed by atoms with Crippen LogP contribution in [0.1, 0.15) is 98.5 Å². The van der Waals surface area contributed by atoms with Crippen molar-refractivity contribution >= 4 is 21.7 Å². The van der Waals surface area contributed by atoms with E-state index in [1.54, 1.807) is 12.1 Å². The van der Waals surface area contributed by atoms with Crippen molar-refractivity contribution in [2.75, 3.05) is 13.2 Å². The van der Waals surface area contributed by atoms with E-state index < -0.39 is 109 Å². The first kappa shape index (κ1) is 47.2. The van der Waals surface area contributed by atoms with Gasteiger partial charge >= 0.3 is 0 Å². The minimum Gasteiger partial charge on any atom is -0.392 e. The van der Waals surface area contributed by atoms with Crippen LogP contribution in [0.15, 0.2) is 53.5 Å². The summed E-state index contributed by atoms with van der Waals surface area (Å²) in [6.07, 6.45) is 0.249. The highest BCUT2D eigenvalue weighted by Crippen LogP contribution is 2.80. The van der Waals surface area contributed by atoms with Gasteiger partial charge in [0.05, 0.1) is 42.5 Å². The van der Waals surface area contributed by atoms with Crippen molar-refractivity contribution in [2.24, 2.45) is 68.0 Å². The van der Waals surface area contributed by atoms with Crippen LogP contribution < -0.4 is 0 Å². The zero-order valence-electron chi connectivity index (χ0n) is 39.0. The lowest BCUT2D eigenvalue weighted by Gasteiger charge is -2.77. The molecular formula is C50H68O15S. The molecule has 1 aromatic rings. The Balaban J connectivity index is 0.000000127. The third kappa shape index (κ3) is 5.29. The number of ketones is 2. The van der Waals surface area contributed by atoms with Gasteiger partial charge in [-0.3, -0.25) is 14.1 Å². The molecule has 1 aromatic carbocycles. The van der Waals surface area contributed by atoms with Crippen LogP contribution in [0.2, 0.25) is 0 Å². The second kappa shape index (κ2) is 14.1. The van der Waals surface area contributed by atoms with Crippen molar-refractivity contribution in [1.29, 1.82) is 0 Å². The maximum absolute atomic E-state index is 13.9. The van der Waals surface area contributed by atoms with Gasteiger partial charge in [0.1, 0.15) is 23.0 Å². The molecule has 5 saturated heterocycles. The lowest BCUT2D eigenvalue weighted by atomic mass is 9.35. The second-order valence-corrected chi connectivity index (χ2v) is 25.2. The molecule has 0 radical (unpaired) electrons. The minimum atomic E-state index is -4.02. The van der Waals surface area contributed by atoms with Gasteiger partial charge in [-0.2, -0.15) is 8.42 Å². The first-order chi connectivity index (χ1) is 30.5. The van der Waals surface area contributed by atoms with E-state index in [2.05, 4.69) is 27.0 Å². The molecule has 5 spiro atoms. The number of fused-ring (bicyclic) bond motifs is 3. The molecule has 8 aliphatic carbocycles. The van der Waals surface area contributed by atoms with Crippen molar-refractivity contribution in [3.63, 3.8) is 0 Å². The smallest absolute Gasteiger partial charge is 0.294 e. The molecule has 7 N–H and O–H groups in total. The monoisotopic (exact) mass is 940 g/mol. The number of hydrogen-bond acceptors (Lipinski definition) is 14. The van der Waals surface area contributed by atoms with Gasteiger partial charge in [-0.1, -0.05) is 58.5 Å². The molecule has 66 heavy (non-hydrogen) atoms. The molecule has 0 amide bonds. The normalized spacial score (nSPS) is 51.3. The molecule has 16 heteroatoms. The van der Waals surface area contributed by atoms with Crippen LogP contribution >= 0.6 is 0 Å². The van der Waals surface area contributed by atoms with Crippen LogP contribution in [0.3, 0.4) is 0 Å². The summed E-state index contributed by atoms with van der Waals surface area (Å²) in [6, 6.07) is 5.99. The third-order valence-electron chi connectivity index (χ3n) is 19.8. The number of benzene rings is 1. The SMILES string of the molecule is C=C1C(=O)[C@@]23[C@@H]4OC(C)(C)O[C@@]25OC[C@@]2([C@H]([C@@H]5O)C(C)(C)CC[C@@H]2O)[C@@H]3CC[C@@H]14.C=C1C(=O)[C@]23[C@H](O)[C@H]1CC[C@H]2[C@@]12CO[C@@]3(O)[C@@H](O)[C@@H]1C(C)(C)CC[C@@H]2O.Cc1ccc(S(=O)(=O)O)cc1. The minimum absolute atomic E-state index is 0.0666. The Morgan fingerprint density at radius 2 is 1.14 bits per heavy atom. The molecule has 18 atom stereocenters. The van der Waals surface area contributed by atoms with Crippen LogP contribution in [-0.4, -0.2) is 122 Å². The third-order valence-corrected chi connectivity index (χ3v) is 20.7. The highest BCUT2D eigenvalue weighted by Gasteiger charge is 2.90. The number of aliphatic hydroxyl groups is 6. The highest BCUT2D eigenvalue weighted by atomic mass is 32.2. The summed E-state index contributed by atoms with van der Waals surface area (Å²) in [5.41, 5.74) is -2.98. The maximum atomic E-state index is 13.9. The van der Waals surface area contributed by atoms with Crippen LogP contribution in [0, 0.1) is 74.9 Å². The summed E-state index contributed by atoms with van der Waals surface area (Å²) < 4.78 is 54.7. The predicted octanol–water partition coefficient (Wildman–Crippen LogP) is 3.79. The Morgan fingerprint density at radius 1 is 0.652 bits per heavy atom. The fourth-order valence-corrected chi connectivity index (χ4v) is 18.0. The van der Waals surface area contributed by atoms with Crippen molar-refractivity contribution in [3.8, 4) is 0 Å². The molecule has 13 fully saturated rings. The van der Waals surface area contributed by atoms with Crippen molar-refractivity contribution in [1.82, 2.24) is 0 Å². The predicted molar refractivity (Wildman–Crippen MR) is 234 cm³/mol. The van der Waals surface area contributed by atoms with Gasteiger partial charge in [0.15, 0.2) is 17.4 Å². The van der Waals surface area contributed by atoms with Gasteiger partial charge in [0.25, 0.3) is 10.1 Å². The van der Waals surface area contributed by atoms with E-state index in [1.165, 1.54) is 12.1 Å². The molecule has 8 saturated carbocycles. The lowest BCUT2D eigenvalue weighted by Crippen LogP contribution is -2.88. The second-order valence-electron chi connectivity index (χ2n) is 23.8. The molecule has 8 bridgehead atoms. The van der Waals surface area contributed by atoms with E-state index in [1.807, 2.05) is 34.6 Å². The maximum Gasteiger partial charge on any atom is 0.294 e. The average molecular weight is 941 g/mol. The van der Waals surface area contributed by atoms with Crippen molar-refractivity contribution in [3.05, 3.63) is 54.1 Å². The van der Waals surface area contributed by atoms with Gasteiger partial charge < -0.3 is 49.6 Å². The topological polar surface area (TPSA) is 247 Å². The summed E-state index contributed by atoms with van der Waals surface area (Å²) >= 11 is 0. The quantitative estimate of drug-likeness (QED) is 0.156. The zero-order chi connectivity index (χ0) is 48.1. The number of rotatable bonds is 1. The number of carbonyl (C=O) groups excluding carboxylic acids is 2. The summed E-state index contributed by atoms with van der Waals surface area (Å²) in [6.45, 7) is 22.4. The Kier molecular flexibility index (Phi) is 10.1. The fraction of sp³-hybridized carbons (Fsp3) is 0.760. The van der Waals surface area contributed by atoms with E-state index in [4.69, 9.17) is 23.5 Å². The van der Waals surface area contributed by atoms with Crippen molar-refractivity contribution in [2.45, 2.75) is 159 Å². The molecule has 15 nitrogen and oxygen atoms in total. The molecular weight excluding hydrogens is 873 g/mol. The van der Waals surface area contributed by atoms with Gasteiger partial charge in [-0.05, 0) is 118 Å². The van der Waals surface area contributed by atoms with E-state index >= 15 is 0 Å². The summed E-state index contributed by atoms with van der Waals surface area (Å²) in [7, 11) is -4.02. The number of carbonyl (C=O) groups is 2. The van der Waals surface area contributed by atoms with E-state index in [0.717, 1.165) is 31.2 Å². The lowest BCUT2D eigenvalue weighted by molar-refractivity contribution is -0.534. The summed E-state index contributed by atoms with van der Waals surface area (Å²) in [5.74, 6) is -6.79.